The van der Waals surface area contributed by atoms with Gasteiger partial charge in [0.15, 0.2) is 0 Å². The third-order valence-corrected chi connectivity index (χ3v) is 3.35. The lowest BCUT2D eigenvalue weighted by Gasteiger charge is -2.16. The Hall–Kier alpha value is -1.84. The summed E-state index contributed by atoms with van der Waals surface area (Å²) in [5, 5.41) is 11.6. The van der Waals surface area contributed by atoms with Crippen LogP contribution in [0, 0.1) is 13.8 Å². The lowest BCUT2D eigenvalue weighted by molar-refractivity contribution is -0.140. The zero-order valence-corrected chi connectivity index (χ0v) is 9.86. The average molecular weight is 233 g/mol. The maximum atomic E-state index is 11.3. The molecule has 1 aromatic rings. The maximum absolute atomic E-state index is 11.3. The average Bonchev–Trinajstić information content (AvgIpc) is 2.64. The first-order chi connectivity index (χ1) is 7.99. The summed E-state index contributed by atoms with van der Waals surface area (Å²) in [6.07, 6.45) is 0.249. The number of hydrogen-bond donors (Lipinski definition) is 2. The molecule has 1 amide bonds. The fourth-order valence-electron chi connectivity index (χ4n) is 2.19. The topological polar surface area (TPSA) is 66.4 Å². The Balaban J connectivity index is 2.34. The molecule has 1 aliphatic rings. The minimum Gasteiger partial charge on any atom is -0.480 e. The van der Waals surface area contributed by atoms with Crippen LogP contribution in [-0.2, 0) is 9.59 Å². The van der Waals surface area contributed by atoms with Crippen molar-refractivity contribution in [1.29, 1.82) is 0 Å². The molecule has 2 atom stereocenters. The second kappa shape index (κ2) is 4.20. The molecule has 0 aliphatic carbocycles. The Kier molecular flexibility index (Phi) is 2.88. The highest BCUT2D eigenvalue weighted by atomic mass is 16.4. The number of hydrogen-bond acceptors (Lipinski definition) is 2. The summed E-state index contributed by atoms with van der Waals surface area (Å²) in [4.78, 5) is 22.4. The van der Waals surface area contributed by atoms with Gasteiger partial charge in [0.05, 0.1) is 0 Å². The van der Waals surface area contributed by atoms with Gasteiger partial charge in [-0.3, -0.25) is 4.79 Å². The number of carboxylic acids is 1. The van der Waals surface area contributed by atoms with Gasteiger partial charge in [0.2, 0.25) is 5.91 Å². The predicted octanol–water partition coefficient (Wildman–Crippen LogP) is 1.36. The van der Waals surface area contributed by atoms with Crippen LogP contribution in [0.2, 0.25) is 0 Å². The third kappa shape index (κ3) is 2.16. The number of carbonyl (C=O) groups is 2. The van der Waals surface area contributed by atoms with Crippen molar-refractivity contribution in [2.45, 2.75) is 32.2 Å². The summed E-state index contributed by atoms with van der Waals surface area (Å²) in [7, 11) is 0. The van der Waals surface area contributed by atoms with Crippen LogP contribution in [0.15, 0.2) is 18.2 Å². The van der Waals surface area contributed by atoms with Crippen LogP contribution in [-0.4, -0.2) is 23.0 Å². The van der Waals surface area contributed by atoms with Crippen molar-refractivity contribution in [1.82, 2.24) is 5.32 Å². The zero-order valence-electron chi connectivity index (χ0n) is 9.86. The SMILES string of the molecule is Cc1ccc(C2CC(=O)NC2C(=O)O)cc1C. The van der Waals surface area contributed by atoms with Crippen LogP contribution in [0.3, 0.4) is 0 Å². The van der Waals surface area contributed by atoms with E-state index in [2.05, 4.69) is 5.32 Å². The highest BCUT2D eigenvalue weighted by Gasteiger charge is 2.38. The van der Waals surface area contributed by atoms with Crippen molar-refractivity contribution in [3.8, 4) is 0 Å². The van der Waals surface area contributed by atoms with Gasteiger partial charge in [-0.15, -0.1) is 0 Å². The van der Waals surface area contributed by atoms with Gasteiger partial charge in [0.25, 0.3) is 0 Å². The Labute approximate surface area is 99.6 Å². The first kappa shape index (κ1) is 11.6. The standard InChI is InChI=1S/C13H15NO3/c1-7-3-4-9(5-8(7)2)10-6-11(15)14-12(10)13(16)17/h3-5,10,12H,6H2,1-2H3,(H,14,15)(H,16,17). The smallest absolute Gasteiger partial charge is 0.326 e. The molecule has 0 aromatic heterocycles. The molecule has 4 heteroatoms. The minimum atomic E-state index is -0.973. The van der Waals surface area contributed by atoms with Gasteiger partial charge in [-0.2, -0.15) is 0 Å². The van der Waals surface area contributed by atoms with Crippen molar-refractivity contribution >= 4 is 11.9 Å². The van der Waals surface area contributed by atoms with E-state index in [9.17, 15) is 9.59 Å². The van der Waals surface area contributed by atoms with E-state index in [1.807, 2.05) is 32.0 Å². The molecule has 4 nitrogen and oxygen atoms in total. The lowest BCUT2D eigenvalue weighted by Crippen LogP contribution is -2.36. The molecule has 17 heavy (non-hydrogen) atoms. The summed E-state index contributed by atoms with van der Waals surface area (Å²) in [5.74, 6) is -1.43. The van der Waals surface area contributed by atoms with Gasteiger partial charge in [0, 0.05) is 12.3 Å². The molecule has 1 fully saturated rings. The maximum Gasteiger partial charge on any atom is 0.326 e. The molecule has 1 heterocycles. The highest BCUT2D eigenvalue weighted by Crippen LogP contribution is 2.29. The first-order valence-electron chi connectivity index (χ1n) is 5.58. The number of aryl methyl sites for hydroxylation is 2. The number of carbonyl (C=O) groups excluding carboxylic acids is 1. The number of carboxylic acid groups (broad SMARTS) is 1. The van der Waals surface area contributed by atoms with Gasteiger partial charge >= 0.3 is 5.97 Å². The number of amides is 1. The minimum absolute atomic E-state index is 0.194. The van der Waals surface area contributed by atoms with E-state index in [1.54, 1.807) is 0 Å². The summed E-state index contributed by atoms with van der Waals surface area (Å²) in [6, 6.07) is 5.04. The molecule has 2 rings (SSSR count). The van der Waals surface area contributed by atoms with Crippen molar-refractivity contribution in [2.24, 2.45) is 0 Å². The number of rotatable bonds is 2. The van der Waals surface area contributed by atoms with Gasteiger partial charge in [-0.25, -0.2) is 4.79 Å². The molecule has 1 aliphatic heterocycles. The second-order valence-electron chi connectivity index (χ2n) is 4.54. The molecule has 1 aromatic carbocycles. The Morgan fingerprint density at radius 3 is 2.65 bits per heavy atom. The van der Waals surface area contributed by atoms with E-state index in [-0.39, 0.29) is 18.2 Å². The molecule has 2 N–H and O–H groups in total. The number of aliphatic carboxylic acids is 1. The molecule has 90 valence electrons. The number of benzene rings is 1. The van der Waals surface area contributed by atoms with Gasteiger partial charge < -0.3 is 10.4 Å². The summed E-state index contributed by atoms with van der Waals surface area (Å²) in [6.45, 7) is 3.99. The van der Waals surface area contributed by atoms with Crippen molar-refractivity contribution in [2.75, 3.05) is 0 Å². The summed E-state index contributed by atoms with van der Waals surface area (Å²) < 4.78 is 0. The van der Waals surface area contributed by atoms with E-state index in [1.165, 1.54) is 0 Å². The van der Waals surface area contributed by atoms with Gasteiger partial charge in [0.1, 0.15) is 6.04 Å². The fourth-order valence-corrected chi connectivity index (χ4v) is 2.19. The molecule has 0 bridgehead atoms. The fraction of sp³-hybridized carbons (Fsp3) is 0.385. The molecule has 1 saturated heterocycles. The third-order valence-electron chi connectivity index (χ3n) is 3.35. The van der Waals surface area contributed by atoms with Crippen molar-refractivity contribution < 1.29 is 14.7 Å². The van der Waals surface area contributed by atoms with Crippen LogP contribution in [0.1, 0.15) is 29.0 Å². The zero-order chi connectivity index (χ0) is 12.6. The molecule has 0 radical (unpaired) electrons. The van der Waals surface area contributed by atoms with Crippen LogP contribution in [0.5, 0.6) is 0 Å². The van der Waals surface area contributed by atoms with E-state index < -0.39 is 12.0 Å². The molecular formula is C13H15NO3. The van der Waals surface area contributed by atoms with Crippen molar-refractivity contribution in [3.63, 3.8) is 0 Å². The van der Waals surface area contributed by atoms with Crippen LogP contribution in [0.4, 0.5) is 0 Å². The molecule has 0 saturated carbocycles. The monoisotopic (exact) mass is 233 g/mol. The molecule has 0 spiro atoms. The summed E-state index contributed by atoms with van der Waals surface area (Å²) >= 11 is 0. The van der Waals surface area contributed by atoms with Gasteiger partial charge in [-0.05, 0) is 30.5 Å². The van der Waals surface area contributed by atoms with Crippen LogP contribution < -0.4 is 5.32 Å². The second-order valence-corrected chi connectivity index (χ2v) is 4.54. The van der Waals surface area contributed by atoms with E-state index >= 15 is 0 Å². The first-order valence-corrected chi connectivity index (χ1v) is 5.58. The van der Waals surface area contributed by atoms with Gasteiger partial charge in [-0.1, -0.05) is 18.2 Å². The van der Waals surface area contributed by atoms with E-state index in [4.69, 9.17) is 5.11 Å². The quantitative estimate of drug-likeness (QED) is 0.810. The normalized spacial score (nSPS) is 23.5. The van der Waals surface area contributed by atoms with Crippen molar-refractivity contribution in [3.05, 3.63) is 34.9 Å². The largest absolute Gasteiger partial charge is 0.480 e. The lowest BCUT2D eigenvalue weighted by atomic mass is 9.90. The molecular weight excluding hydrogens is 218 g/mol. The predicted molar refractivity (Wildman–Crippen MR) is 62.8 cm³/mol. The highest BCUT2D eigenvalue weighted by molar-refractivity contribution is 5.89. The number of nitrogens with one attached hydrogen (secondary N) is 1. The Morgan fingerprint density at radius 2 is 2.06 bits per heavy atom. The Morgan fingerprint density at radius 1 is 1.35 bits per heavy atom. The van der Waals surface area contributed by atoms with E-state index in [0.29, 0.717) is 0 Å². The molecule has 2 unspecified atom stereocenters. The van der Waals surface area contributed by atoms with Crippen LogP contribution >= 0.6 is 0 Å². The summed E-state index contributed by atoms with van der Waals surface area (Å²) in [5.41, 5.74) is 3.20. The Bertz CT molecular complexity index is 482. The van der Waals surface area contributed by atoms with Crippen LogP contribution in [0.25, 0.3) is 0 Å². The van der Waals surface area contributed by atoms with E-state index in [0.717, 1.165) is 16.7 Å².